The molecule has 25 heavy (non-hydrogen) atoms. The largest absolute Gasteiger partial charge is 0.376 e. The standard InChI is InChI=1S/C18H21N5O2/c1-12-20-16-8-13(5-6-17(16)22(12)2)18(24)21-14-9-19-23(10-14)11-15-4-3-7-25-15/h5-6,8-10,15H,3-4,7,11H2,1-2H3,(H,21,24)/t15-/m1/s1. The number of benzene rings is 1. The summed E-state index contributed by atoms with van der Waals surface area (Å²) in [7, 11) is 1.97. The summed E-state index contributed by atoms with van der Waals surface area (Å²) < 4.78 is 9.43. The number of nitrogens with one attached hydrogen (secondary N) is 1. The summed E-state index contributed by atoms with van der Waals surface area (Å²) in [5.74, 6) is 0.754. The first-order valence-corrected chi connectivity index (χ1v) is 8.48. The van der Waals surface area contributed by atoms with E-state index in [-0.39, 0.29) is 12.0 Å². The van der Waals surface area contributed by atoms with E-state index in [0.29, 0.717) is 11.3 Å². The first-order chi connectivity index (χ1) is 12.1. The van der Waals surface area contributed by atoms with Crippen LogP contribution in [0.2, 0.25) is 0 Å². The monoisotopic (exact) mass is 339 g/mol. The van der Waals surface area contributed by atoms with Crippen LogP contribution in [0.5, 0.6) is 0 Å². The Bertz CT molecular complexity index is 921. The van der Waals surface area contributed by atoms with E-state index in [9.17, 15) is 4.79 Å². The van der Waals surface area contributed by atoms with Crippen LogP contribution in [0.3, 0.4) is 0 Å². The second-order valence-corrected chi connectivity index (χ2v) is 6.46. The van der Waals surface area contributed by atoms with Crippen molar-refractivity contribution in [3.8, 4) is 0 Å². The van der Waals surface area contributed by atoms with Gasteiger partial charge in [0.05, 0.1) is 35.6 Å². The van der Waals surface area contributed by atoms with Crippen molar-refractivity contribution in [1.29, 1.82) is 0 Å². The summed E-state index contributed by atoms with van der Waals surface area (Å²) in [6.45, 7) is 3.49. The molecule has 1 amide bonds. The Kier molecular flexibility index (Phi) is 4.01. The first-order valence-electron chi connectivity index (χ1n) is 8.48. The molecule has 1 aliphatic rings. The number of aromatic nitrogens is 4. The Morgan fingerprint density at radius 2 is 2.32 bits per heavy atom. The van der Waals surface area contributed by atoms with E-state index < -0.39 is 0 Å². The summed E-state index contributed by atoms with van der Waals surface area (Å²) in [4.78, 5) is 17.0. The molecule has 4 rings (SSSR count). The molecule has 1 atom stereocenters. The van der Waals surface area contributed by atoms with Crippen molar-refractivity contribution in [2.45, 2.75) is 32.4 Å². The number of aryl methyl sites for hydroxylation is 2. The molecule has 3 aromatic rings. The number of hydrogen-bond acceptors (Lipinski definition) is 4. The molecular weight excluding hydrogens is 318 g/mol. The van der Waals surface area contributed by atoms with Crippen molar-refractivity contribution in [1.82, 2.24) is 19.3 Å². The van der Waals surface area contributed by atoms with Gasteiger partial charge in [-0.15, -0.1) is 0 Å². The lowest BCUT2D eigenvalue weighted by Gasteiger charge is -2.08. The average Bonchev–Trinajstić information content (AvgIpc) is 3.31. The predicted molar refractivity (Wildman–Crippen MR) is 94.6 cm³/mol. The topological polar surface area (TPSA) is 74.0 Å². The highest BCUT2D eigenvalue weighted by Crippen LogP contribution is 2.18. The van der Waals surface area contributed by atoms with E-state index in [1.807, 2.05) is 47.6 Å². The van der Waals surface area contributed by atoms with Gasteiger partial charge in [0.2, 0.25) is 0 Å². The summed E-state index contributed by atoms with van der Waals surface area (Å²) in [6, 6.07) is 5.55. The molecule has 7 heteroatoms. The third-order valence-electron chi connectivity index (χ3n) is 4.67. The fourth-order valence-corrected chi connectivity index (χ4v) is 3.19. The molecule has 1 aromatic carbocycles. The van der Waals surface area contributed by atoms with Crippen molar-refractivity contribution in [2.75, 3.05) is 11.9 Å². The smallest absolute Gasteiger partial charge is 0.255 e. The quantitative estimate of drug-likeness (QED) is 0.792. The third-order valence-corrected chi connectivity index (χ3v) is 4.67. The fourth-order valence-electron chi connectivity index (χ4n) is 3.19. The molecule has 0 saturated carbocycles. The van der Waals surface area contributed by atoms with Crippen molar-refractivity contribution >= 4 is 22.6 Å². The van der Waals surface area contributed by atoms with Gasteiger partial charge in [0.1, 0.15) is 5.82 Å². The van der Waals surface area contributed by atoms with Crippen LogP contribution in [-0.4, -0.2) is 37.9 Å². The predicted octanol–water partition coefficient (Wildman–Crippen LogP) is 2.51. The lowest BCUT2D eigenvalue weighted by molar-refractivity contribution is 0.0940. The number of fused-ring (bicyclic) bond motifs is 1. The Balaban J connectivity index is 1.47. The molecule has 0 radical (unpaired) electrons. The molecule has 2 aromatic heterocycles. The average molecular weight is 339 g/mol. The minimum atomic E-state index is -0.165. The van der Waals surface area contributed by atoms with E-state index in [2.05, 4.69) is 15.4 Å². The molecule has 7 nitrogen and oxygen atoms in total. The molecule has 1 fully saturated rings. The van der Waals surface area contributed by atoms with E-state index in [4.69, 9.17) is 4.74 Å². The minimum absolute atomic E-state index is 0.165. The van der Waals surface area contributed by atoms with Crippen LogP contribution in [0.4, 0.5) is 5.69 Å². The number of hydrogen-bond donors (Lipinski definition) is 1. The highest BCUT2D eigenvalue weighted by molar-refractivity contribution is 6.05. The van der Waals surface area contributed by atoms with E-state index >= 15 is 0 Å². The maximum absolute atomic E-state index is 12.5. The molecule has 1 aliphatic heterocycles. The number of carbonyl (C=O) groups is 1. The molecule has 1 saturated heterocycles. The Hall–Kier alpha value is -2.67. The van der Waals surface area contributed by atoms with Gasteiger partial charge in [0.15, 0.2) is 0 Å². The number of ether oxygens (including phenoxy) is 1. The van der Waals surface area contributed by atoms with Gasteiger partial charge < -0.3 is 14.6 Å². The molecule has 3 heterocycles. The van der Waals surface area contributed by atoms with Gasteiger partial charge in [-0.2, -0.15) is 5.10 Å². The number of carbonyl (C=O) groups excluding carboxylic acids is 1. The highest BCUT2D eigenvalue weighted by Gasteiger charge is 2.17. The van der Waals surface area contributed by atoms with E-state index in [1.165, 1.54) is 0 Å². The molecule has 0 spiro atoms. The van der Waals surface area contributed by atoms with Gasteiger partial charge in [-0.1, -0.05) is 0 Å². The molecule has 0 aliphatic carbocycles. The molecule has 1 N–H and O–H groups in total. The lowest BCUT2D eigenvalue weighted by atomic mass is 10.2. The van der Waals surface area contributed by atoms with Crippen LogP contribution in [0.1, 0.15) is 29.0 Å². The van der Waals surface area contributed by atoms with Gasteiger partial charge in [-0.25, -0.2) is 4.98 Å². The van der Waals surface area contributed by atoms with Crippen molar-refractivity contribution in [3.63, 3.8) is 0 Å². The fraction of sp³-hybridized carbons (Fsp3) is 0.389. The van der Waals surface area contributed by atoms with Crippen LogP contribution in [0.15, 0.2) is 30.6 Å². The maximum atomic E-state index is 12.5. The third kappa shape index (κ3) is 3.15. The number of amides is 1. The summed E-state index contributed by atoms with van der Waals surface area (Å²) in [6.07, 6.45) is 5.88. The van der Waals surface area contributed by atoms with Crippen LogP contribution >= 0.6 is 0 Å². The van der Waals surface area contributed by atoms with E-state index in [0.717, 1.165) is 42.9 Å². The molecule has 0 unspecified atom stereocenters. The molecule has 130 valence electrons. The Labute approximate surface area is 145 Å². The van der Waals surface area contributed by atoms with Gasteiger partial charge in [0.25, 0.3) is 5.91 Å². The Morgan fingerprint density at radius 3 is 3.12 bits per heavy atom. The van der Waals surface area contributed by atoms with Crippen LogP contribution in [0, 0.1) is 6.92 Å². The number of anilines is 1. The number of rotatable bonds is 4. The van der Waals surface area contributed by atoms with E-state index in [1.54, 1.807) is 6.20 Å². The van der Waals surface area contributed by atoms with Crippen LogP contribution < -0.4 is 5.32 Å². The van der Waals surface area contributed by atoms with Crippen molar-refractivity contribution in [3.05, 3.63) is 42.0 Å². The zero-order chi connectivity index (χ0) is 17.4. The SMILES string of the molecule is Cc1nc2cc(C(=O)Nc3cnn(C[C@H]4CCCO4)c3)ccc2n1C. The van der Waals surface area contributed by atoms with Crippen LogP contribution in [0.25, 0.3) is 11.0 Å². The molecular formula is C18H21N5O2. The highest BCUT2D eigenvalue weighted by atomic mass is 16.5. The second-order valence-electron chi connectivity index (χ2n) is 6.46. The normalized spacial score (nSPS) is 17.3. The second kappa shape index (κ2) is 6.33. The summed E-state index contributed by atoms with van der Waals surface area (Å²) in [5, 5.41) is 7.19. The lowest BCUT2D eigenvalue weighted by Crippen LogP contribution is -2.15. The summed E-state index contributed by atoms with van der Waals surface area (Å²) in [5.41, 5.74) is 3.10. The van der Waals surface area contributed by atoms with Gasteiger partial charge >= 0.3 is 0 Å². The Morgan fingerprint density at radius 1 is 1.44 bits per heavy atom. The zero-order valence-electron chi connectivity index (χ0n) is 14.4. The molecule has 0 bridgehead atoms. The zero-order valence-corrected chi connectivity index (χ0v) is 14.4. The summed E-state index contributed by atoms with van der Waals surface area (Å²) >= 11 is 0. The van der Waals surface area contributed by atoms with Gasteiger partial charge in [-0.05, 0) is 38.0 Å². The first kappa shape index (κ1) is 15.8. The van der Waals surface area contributed by atoms with Crippen molar-refractivity contribution < 1.29 is 9.53 Å². The number of imidazole rings is 1. The van der Waals surface area contributed by atoms with Gasteiger partial charge in [0, 0.05) is 25.4 Å². The van der Waals surface area contributed by atoms with Crippen molar-refractivity contribution in [2.24, 2.45) is 7.05 Å². The van der Waals surface area contributed by atoms with Crippen LogP contribution in [-0.2, 0) is 18.3 Å². The number of nitrogens with zero attached hydrogens (tertiary/aromatic N) is 4. The van der Waals surface area contributed by atoms with Gasteiger partial charge in [-0.3, -0.25) is 9.48 Å². The maximum Gasteiger partial charge on any atom is 0.255 e. The minimum Gasteiger partial charge on any atom is -0.376 e.